The van der Waals surface area contributed by atoms with Crippen LogP contribution in [0.5, 0.6) is 0 Å². The van der Waals surface area contributed by atoms with Gasteiger partial charge in [0.1, 0.15) is 12.4 Å². The van der Waals surface area contributed by atoms with Gasteiger partial charge in [-0.3, -0.25) is 4.79 Å². The molecular formula is C10H12N4O3. The minimum atomic E-state index is -0.334. The van der Waals surface area contributed by atoms with Gasteiger partial charge in [0.15, 0.2) is 11.4 Å². The highest BCUT2D eigenvalue weighted by Crippen LogP contribution is 2.04. The third kappa shape index (κ3) is 2.23. The molecule has 90 valence electrons. The topological polar surface area (TPSA) is 89.3 Å². The molecule has 2 heterocycles. The molecule has 2 rings (SSSR count). The first-order valence-electron chi connectivity index (χ1n) is 5.06. The molecule has 0 amide bonds. The van der Waals surface area contributed by atoms with Crippen LogP contribution in [0.3, 0.4) is 0 Å². The Bertz CT molecular complexity index is 614. The molecule has 7 nitrogen and oxygen atoms in total. The molecular weight excluding hydrogens is 224 g/mol. The largest absolute Gasteiger partial charge is 0.377 e. The van der Waals surface area contributed by atoms with Crippen molar-refractivity contribution < 1.29 is 9.53 Å². The van der Waals surface area contributed by atoms with Crippen LogP contribution in [0.4, 0.5) is 0 Å². The van der Waals surface area contributed by atoms with E-state index >= 15 is 0 Å². The number of aromatic amines is 1. The van der Waals surface area contributed by atoms with E-state index in [1.54, 1.807) is 13.0 Å². The summed E-state index contributed by atoms with van der Waals surface area (Å²) in [6.45, 7) is 1.74. The fourth-order valence-corrected chi connectivity index (χ4v) is 1.66. The number of nitrogens with one attached hydrogen (secondary N) is 1. The van der Waals surface area contributed by atoms with E-state index in [-0.39, 0.29) is 24.5 Å². The lowest BCUT2D eigenvalue weighted by Crippen LogP contribution is -2.16. The van der Waals surface area contributed by atoms with Crippen molar-refractivity contribution in [2.24, 2.45) is 0 Å². The van der Waals surface area contributed by atoms with Gasteiger partial charge in [0.05, 0.1) is 12.1 Å². The number of ether oxygens (including phenoxy) is 1. The van der Waals surface area contributed by atoms with Crippen LogP contribution in [0.2, 0.25) is 0 Å². The van der Waals surface area contributed by atoms with Gasteiger partial charge in [0.25, 0.3) is 0 Å². The lowest BCUT2D eigenvalue weighted by Gasteiger charge is -2.02. The van der Waals surface area contributed by atoms with Gasteiger partial charge in [0.2, 0.25) is 0 Å². The Balaban J connectivity index is 2.37. The maximum absolute atomic E-state index is 11.4. The maximum Gasteiger partial charge on any atom is 0.349 e. The third-order valence-corrected chi connectivity index (χ3v) is 2.31. The van der Waals surface area contributed by atoms with Gasteiger partial charge in [-0.25, -0.2) is 19.3 Å². The Morgan fingerprint density at radius 1 is 1.59 bits per heavy atom. The lowest BCUT2D eigenvalue weighted by atomic mass is 10.2. The number of methoxy groups -OCH3 is 1. The first-order chi connectivity index (χ1) is 8.11. The molecule has 0 saturated heterocycles. The van der Waals surface area contributed by atoms with Crippen LogP contribution >= 0.6 is 0 Å². The molecule has 0 unspecified atom stereocenters. The van der Waals surface area contributed by atoms with Gasteiger partial charge in [-0.15, -0.1) is 0 Å². The van der Waals surface area contributed by atoms with Crippen LogP contribution in [0.25, 0.3) is 5.65 Å². The molecule has 0 aliphatic heterocycles. The summed E-state index contributed by atoms with van der Waals surface area (Å²) in [6.07, 6.45) is 0.173. The molecule has 0 aliphatic rings. The monoisotopic (exact) mass is 236 g/mol. The van der Waals surface area contributed by atoms with Crippen molar-refractivity contribution >= 4 is 11.4 Å². The summed E-state index contributed by atoms with van der Waals surface area (Å²) in [5, 5.41) is 6.17. The number of fused-ring (bicyclic) bond motifs is 1. The molecule has 0 saturated carbocycles. The van der Waals surface area contributed by atoms with E-state index < -0.39 is 0 Å². The Morgan fingerprint density at radius 3 is 3.06 bits per heavy atom. The Labute approximate surface area is 96.4 Å². The van der Waals surface area contributed by atoms with Gasteiger partial charge in [-0.1, -0.05) is 0 Å². The van der Waals surface area contributed by atoms with E-state index in [2.05, 4.69) is 15.2 Å². The quantitative estimate of drug-likeness (QED) is 0.771. The fraction of sp³-hybridized carbons (Fsp3) is 0.400. The minimum Gasteiger partial charge on any atom is -0.377 e. The van der Waals surface area contributed by atoms with E-state index in [9.17, 15) is 9.59 Å². The number of aryl methyl sites for hydroxylation is 1. The normalized spacial score (nSPS) is 10.9. The summed E-state index contributed by atoms with van der Waals surface area (Å²) in [5.74, 6) is 0.433. The Kier molecular flexibility index (Phi) is 3.01. The van der Waals surface area contributed by atoms with Crippen LogP contribution in [0.1, 0.15) is 11.5 Å². The summed E-state index contributed by atoms with van der Waals surface area (Å²) in [5.41, 5.74) is 0.707. The van der Waals surface area contributed by atoms with Crippen molar-refractivity contribution in [2.75, 3.05) is 13.7 Å². The van der Waals surface area contributed by atoms with Gasteiger partial charge < -0.3 is 4.74 Å². The van der Waals surface area contributed by atoms with Crippen molar-refractivity contribution in [1.82, 2.24) is 19.6 Å². The molecule has 0 fully saturated rings. The van der Waals surface area contributed by atoms with Crippen molar-refractivity contribution in [2.45, 2.75) is 13.3 Å². The molecule has 0 spiro atoms. The number of rotatable bonds is 4. The first kappa shape index (κ1) is 11.5. The predicted octanol–water partition coefficient (Wildman–Crippen LogP) is -0.516. The van der Waals surface area contributed by atoms with E-state index in [0.29, 0.717) is 17.2 Å². The number of ketones is 1. The standard InChI is InChI=1S/C10H12N4O3/c1-6-11-7(3-8(15)5-17-2)4-9-12-13-10(16)14(6)9/h4H,3,5H2,1-2H3,(H,13,16). The van der Waals surface area contributed by atoms with E-state index in [1.807, 2.05) is 0 Å². The molecule has 0 atom stereocenters. The SMILES string of the molecule is COCC(=O)Cc1cc2n[nH]c(=O)n2c(C)n1. The Morgan fingerprint density at radius 2 is 2.35 bits per heavy atom. The number of aromatic nitrogens is 4. The molecule has 0 radical (unpaired) electrons. The van der Waals surface area contributed by atoms with Gasteiger partial charge in [-0.2, -0.15) is 5.10 Å². The molecule has 0 aliphatic carbocycles. The second kappa shape index (κ2) is 4.46. The van der Waals surface area contributed by atoms with Crippen LogP contribution in [0, 0.1) is 6.92 Å². The number of nitrogens with zero attached hydrogens (tertiary/aromatic N) is 3. The van der Waals surface area contributed by atoms with Crippen molar-refractivity contribution in [1.29, 1.82) is 0 Å². The highest BCUT2D eigenvalue weighted by molar-refractivity contribution is 5.81. The van der Waals surface area contributed by atoms with Crippen molar-refractivity contribution in [3.63, 3.8) is 0 Å². The average molecular weight is 236 g/mol. The smallest absolute Gasteiger partial charge is 0.349 e. The number of carbonyl (C=O) groups excluding carboxylic acids is 1. The zero-order valence-electron chi connectivity index (χ0n) is 9.56. The van der Waals surface area contributed by atoms with Crippen LogP contribution in [-0.4, -0.2) is 39.1 Å². The number of hydrogen-bond acceptors (Lipinski definition) is 5. The average Bonchev–Trinajstić information content (AvgIpc) is 2.60. The number of hydrogen-bond donors (Lipinski definition) is 1. The summed E-state index contributed by atoms with van der Waals surface area (Å²) in [7, 11) is 1.47. The van der Waals surface area contributed by atoms with Gasteiger partial charge >= 0.3 is 5.69 Å². The zero-order valence-corrected chi connectivity index (χ0v) is 9.56. The number of H-pyrrole nitrogens is 1. The molecule has 7 heteroatoms. The molecule has 1 N–H and O–H groups in total. The third-order valence-electron chi connectivity index (χ3n) is 2.31. The molecule has 0 bridgehead atoms. The molecule has 0 aromatic carbocycles. The van der Waals surface area contributed by atoms with E-state index in [1.165, 1.54) is 11.5 Å². The summed E-state index contributed by atoms with van der Waals surface area (Å²) >= 11 is 0. The second-order valence-corrected chi connectivity index (χ2v) is 3.67. The lowest BCUT2D eigenvalue weighted by molar-refractivity contribution is -0.122. The number of carbonyl (C=O) groups is 1. The summed E-state index contributed by atoms with van der Waals surface area (Å²) < 4.78 is 6.09. The fourth-order valence-electron chi connectivity index (χ4n) is 1.66. The van der Waals surface area contributed by atoms with Crippen LogP contribution in [0.15, 0.2) is 10.9 Å². The maximum atomic E-state index is 11.4. The molecule has 2 aromatic heterocycles. The first-order valence-corrected chi connectivity index (χ1v) is 5.06. The second-order valence-electron chi connectivity index (χ2n) is 3.67. The Hall–Kier alpha value is -2.02. The summed E-state index contributed by atoms with van der Waals surface area (Å²) in [6, 6.07) is 1.61. The molecule has 2 aromatic rings. The van der Waals surface area contributed by atoms with Gasteiger partial charge in [-0.05, 0) is 6.92 Å². The number of Topliss-reactive ketones (excluding diaryl/α,β-unsaturated/α-hetero) is 1. The summed E-state index contributed by atoms with van der Waals surface area (Å²) in [4.78, 5) is 26.9. The van der Waals surface area contributed by atoms with Crippen molar-refractivity contribution in [3.05, 3.63) is 28.1 Å². The van der Waals surface area contributed by atoms with Crippen molar-refractivity contribution in [3.8, 4) is 0 Å². The highest BCUT2D eigenvalue weighted by atomic mass is 16.5. The highest BCUT2D eigenvalue weighted by Gasteiger charge is 2.09. The van der Waals surface area contributed by atoms with Gasteiger partial charge in [0, 0.05) is 13.2 Å². The molecule has 17 heavy (non-hydrogen) atoms. The predicted molar refractivity (Wildman–Crippen MR) is 58.9 cm³/mol. The van der Waals surface area contributed by atoms with E-state index in [4.69, 9.17) is 4.74 Å². The van der Waals surface area contributed by atoms with Crippen LogP contribution in [-0.2, 0) is 16.0 Å². The minimum absolute atomic E-state index is 0.0548. The zero-order chi connectivity index (χ0) is 12.4. The van der Waals surface area contributed by atoms with E-state index in [0.717, 1.165) is 0 Å². The van der Waals surface area contributed by atoms with Crippen LogP contribution < -0.4 is 5.69 Å².